The Hall–Kier alpha value is -6.56. The van der Waals surface area contributed by atoms with Gasteiger partial charge in [0.1, 0.15) is 0 Å². The van der Waals surface area contributed by atoms with Crippen molar-refractivity contribution < 1.29 is 0 Å². The molecule has 0 spiro atoms. The predicted molar refractivity (Wildman–Crippen MR) is 195 cm³/mol. The molecule has 48 heavy (non-hydrogen) atoms. The van der Waals surface area contributed by atoms with Crippen LogP contribution in [0.1, 0.15) is 30.5 Å². The third-order valence-electron chi connectivity index (χ3n) is 9.87. The van der Waals surface area contributed by atoms with Gasteiger partial charge in [0.25, 0.3) is 0 Å². The first-order valence-corrected chi connectivity index (χ1v) is 15.9. The van der Waals surface area contributed by atoms with E-state index in [-0.39, 0.29) is 11.1 Å². The number of para-hydroxylation sites is 2. The van der Waals surface area contributed by atoms with Gasteiger partial charge in [0, 0.05) is 21.9 Å². The first-order valence-electron chi connectivity index (χ1n) is 15.9. The van der Waals surface area contributed by atoms with Crippen LogP contribution in [0.4, 0.5) is 22.7 Å². The average molecular weight is 614 g/mol. The summed E-state index contributed by atoms with van der Waals surface area (Å²) in [6.45, 7) is 12.2. The number of aromatic nitrogens is 2. The normalized spacial score (nSPS) is 13.3. The van der Waals surface area contributed by atoms with Gasteiger partial charge in [-0.25, -0.2) is 14.8 Å². The number of nitriles is 1. The Bertz CT molecular complexity index is 2680. The van der Waals surface area contributed by atoms with E-state index in [4.69, 9.17) is 16.5 Å². The molecule has 0 unspecified atom stereocenters. The van der Waals surface area contributed by atoms with Crippen LogP contribution in [0, 0.1) is 17.9 Å². The molecule has 0 atom stereocenters. The maximum absolute atomic E-state index is 9.59. The van der Waals surface area contributed by atoms with Gasteiger partial charge in [0.2, 0.25) is 5.69 Å². The molecule has 0 N–H and O–H groups in total. The molecule has 0 radical (unpaired) electrons. The van der Waals surface area contributed by atoms with E-state index in [1.54, 1.807) is 12.1 Å². The van der Waals surface area contributed by atoms with Crippen LogP contribution in [0.2, 0.25) is 0 Å². The van der Waals surface area contributed by atoms with Crippen molar-refractivity contribution >= 4 is 66.4 Å². The third-order valence-corrected chi connectivity index (χ3v) is 9.87. The van der Waals surface area contributed by atoms with Gasteiger partial charge in [-0.1, -0.05) is 98.8 Å². The van der Waals surface area contributed by atoms with E-state index in [1.807, 2.05) is 6.07 Å². The van der Waals surface area contributed by atoms with Gasteiger partial charge in [0.05, 0.1) is 51.6 Å². The van der Waals surface area contributed by atoms with Crippen molar-refractivity contribution in [2.24, 2.45) is 0 Å². The number of hydrogen-bond donors (Lipinski definition) is 0. The minimum Gasteiger partial charge on any atom is -0.310 e. The molecular formula is C43H27N5. The molecule has 5 heteroatoms. The van der Waals surface area contributed by atoms with Gasteiger partial charge in [0.15, 0.2) is 0 Å². The van der Waals surface area contributed by atoms with Crippen LogP contribution in [0.15, 0.2) is 127 Å². The summed E-state index contributed by atoms with van der Waals surface area (Å²) in [6.07, 6.45) is 0. The monoisotopic (exact) mass is 613 g/mol. The number of anilines is 3. The minimum absolute atomic E-state index is 0.100. The number of rotatable bonds is 2. The maximum atomic E-state index is 9.59. The summed E-state index contributed by atoms with van der Waals surface area (Å²) in [5.74, 6) is 0. The molecule has 1 aliphatic rings. The second-order valence-electron chi connectivity index (χ2n) is 12.9. The lowest BCUT2D eigenvalue weighted by atomic mass is 9.73. The van der Waals surface area contributed by atoms with Gasteiger partial charge in [-0.2, -0.15) is 5.26 Å². The molecule has 0 amide bonds. The fourth-order valence-electron chi connectivity index (χ4n) is 7.48. The molecule has 0 fully saturated rings. The van der Waals surface area contributed by atoms with Crippen molar-refractivity contribution in [2.45, 2.75) is 19.3 Å². The Morgan fingerprint density at radius 1 is 0.625 bits per heavy atom. The van der Waals surface area contributed by atoms with Gasteiger partial charge in [-0.05, 0) is 75.5 Å². The zero-order valence-corrected chi connectivity index (χ0v) is 26.4. The van der Waals surface area contributed by atoms with E-state index >= 15 is 0 Å². The molecule has 0 saturated carbocycles. The Balaban J connectivity index is 1.19. The Morgan fingerprint density at radius 2 is 1.19 bits per heavy atom. The molecule has 8 aromatic rings. The molecule has 1 aliphatic heterocycles. The van der Waals surface area contributed by atoms with E-state index in [9.17, 15) is 5.26 Å². The van der Waals surface area contributed by atoms with Gasteiger partial charge < -0.3 is 4.90 Å². The molecule has 2 heterocycles. The SMILES string of the molecule is [C-]#[N+]c1cc2nc3c4ccc(-c5ccc(N6c7ccccc7C(C)(C)c7ccccc76)cc5)cc4c4ccccc4c3nc2cc1C#N. The summed E-state index contributed by atoms with van der Waals surface area (Å²) in [7, 11) is 0. The predicted octanol–water partition coefficient (Wildman–Crippen LogP) is 11.3. The van der Waals surface area contributed by atoms with E-state index in [1.165, 1.54) is 22.5 Å². The van der Waals surface area contributed by atoms with Gasteiger partial charge in [-0.3, -0.25) is 0 Å². The van der Waals surface area contributed by atoms with Crippen molar-refractivity contribution in [1.29, 1.82) is 5.26 Å². The summed E-state index contributed by atoms with van der Waals surface area (Å²) in [5.41, 5.74) is 11.7. The minimum atomic E-state index is -0.100. The van der Waals surface area contributed by atoms with Crippen LogP contribution >= 0.6 is 0 Å². The molecule has 5 nitrogen and oxygen atoms in total. The number of nitrogens with zero attached hydrogens (tertiary/aromatic N) is 5. The molecule has 0 saturated heterocycles. The fraction of sp³-hybridized carbons (Fsp3) is 0.0698. The quantitative estimate of drug-likeness (QED) is 0.111. The van der Waals surface area contributed by atoms with Crippen LogP contribution in [0.25, 0.3) is 59.6 Å². The van der Waals surface area contributed by atoms with E-state index < -0.39 is 0 Å². The maximum Gasteiger partial charge on any atom is 0.206 e. The highest BCUT2D eigenvalue weighted by Gasteiger charge is 2.36. The molecule has 1 aromatic heterocycles. The van der Waals surface area contributed by atoms with Gasteiger partial charge >= 0.3 is 0 Å². The first kappa shape index (κ1) is 27.7. The highest BCUT2D eigenvalue weighted by atomic mass is 15.2. The number of hydrogen-bond acceptors (Lipinski definition) is 4. The standard InChI is InChI=1S/C43H27N5/c1-43(2)34-12-6-8-14-39(34)48(40-15-9-7-13-35(40)43)29-19-16-26(17-20-29)27-18-21-32-33(22-27)30-10-4-5-11-31(30)41-42(32)47-38-24-36(45-3)28(25-44)23-37(38)46-41/h4-24H,1-2H3. The molecule has 7 aromatic carbocycles. The lowest BCUT2D eigenvalue weighted by Crippen LogP contribution is -2.30. The lowest BCUT2D eigenvalue weighted by Gasteiger charge is -2.42. The van der Waals surface area contributed by atoms with E-state index in [0.717, 1.165) is 49.4 Å². The van der Waals surface area contributed by atoms with Crippen LogP contribution in [0.5, 0.6) is 0 Å². The van der Waals surface area contributed by atoms with E-state index in [2.05, 4.69) is 139 Å². The summed E-state index contributed by atoms with van der Waals surface area (Å²) in [6, 6.07) is 46.5. The summed E-state index contributed by atoms with van der Waals surface area (Å²) >= 11 is 0. The van der Waals surface area contributed by atoms with Crippen molar-refractivity contribution in [3.05, 3.63) is 156 Å². The molecule has 0 aliphatic carbocycles. The first-order chi connectivity index (χ1) is 23.5. The Kier molecular flexibility index (Phi) is 5.91. The van der Waals surface area contributed by atoms with Crippen LogP contribution in [-0.2, 0) is 5.41 Å². The fourth-order valence-corrected chi connectivity index (χ4v) is 7.48. The molecule has 224 valence electrons. The highest BCUT2D eigenvalue weighted by Crippen LogP contribution is 2.51. The van der Waals surface area contributed by atoms with Crippen LogP contribution in [0.3, 0.4) is 0 Å². The van der Waals surface area contributed by atoms with Crippen LogP contribution < -0.4 is 4.90 Å². The zero-order valence-electron chi connectivity index (χ0n) is 26.4. The number of fused-ring (bicyclic) bond motifs is 9. The Labute approximate surface area is 277 Å². The van der Waals surface area contributed by atoms with Crippen molar-refractivity contribution in [3.63, 3.8) is 0 Å². The second kappa shape index (κ2) is 10.2. The smallest absolute Gasteiger partial charge is 0.206 e. The third kappa shape index (κ3) is 3.95. The summed E-state index contributed by atoms with van der Waals surface area (Å²) < 4.78 is 0. The highest BCUT2D eigenvalue weighted by molar-refractivity contribution is 6.24. The second-order valence-corrected chi connectivity index (χ2v) is 12.9. The molecule has 0 bridgehead atoms. The van der Waals surface area contributed by atoms with Crippen molar-refractivity contribution in [1.82, 2.24) is 9.97 Å². The Morgan fingerprint density at radius 3 is 1.83 bits per heavy atom. The van der Waals surface area contributed by atoms with Crippen molar-refractivity contribution in [2.75, 3.05) is 4.90 Å². The topological polar surface area (TPSA) is 57.2 Å². The lowest BCUT2D eigenvalue weighted by molar-refractivity contribution is 0.632. The van der Waals surface area contributed by atoms with E-state index in [0.29, 0.717) is 16.6 Å². The molecular weight excluding hydrogens is 587 g/mol. The number of benzene rings is 7. The zero-order chi connectivity index (χ0) is 32.6. The van der Waals surface area contributed by atoms with Gasteiger partial charge in [-0.15, -0.1) is 0 Å². The largest absolute Gasteiger partial charge is 0.310 e. The summed E-state index contributed by atoms with van der Waals surface area (Å²) in [5, 5.41) is 13.8. The van der Waals surface area contributed by atoms with Crippen molar-refractivity contribution in [3.8, 4) is 17.2 Å². The van der Waals surface area contributed by atoms with Crippen LogP contribution in [-0.4, -0.2) is 9.97 Å². The summed E-state index contributed by atoms with van der Waals surface area (Å²) in [4.78, 5) is 16.0. The average Bonchev–Trinajstić information content (AvgIpc) is 3.14. The molecule has 9 rings (SSSR count).